The van der Waals surface area contributed by atoms with Crippen LogP contribution in [0.2, 0.25) is 10.0 Å². The van der Waals surface area contributed by atoms with Gasteiger partial charge in [0.2, 0.25) is 5.75 Å². The number of ether oxygens (including phenoxy) is 5. The first kappa shape index (κ1) is 32.2. The number of halogens is 2. The molecule has 5 rings (SSSR count). The van der Waals surface area contributed by atoms with Crippen LogP contribution in [0.15, 0.2) is 75.7 Å². The first-order chi connectivity index (χ1) is 21.7. The van der Waals surface area contributed by atoms with Crippen molar-refractivity contribution in [2.75, 3.05) is 27.9 Å². The lowest BCUT2D eigenvalue weighted by Gasteiger charge is -2.26. The molecule has 3 aromatic carbocycles. The van der Waals surface area contributed by atoms with Gasteiger partial charge in [-0.25, -0.2) is 9.79 Å². The van der Waals surface area contributed by atoms with E-state index in [9.17, 15) is 9.59 Å². The summed E-state index contributed by atoms with van der Waals surface area (Å²) in [4.78, 5) is 32.6. The van der Waals surface area contributed by atoms with Crippen molar-refractivity contribution in [2.45, 2.75) is 26.5 Å². The summed E-state index contributed by atoms with van der Waals surface area (Å²) < 4.78 is 30.1. The molecule has 1 aliphatic rings. The van der Waals surface area contributed by atoms with Gasteiger partial charge < -0.3 is 23.7 Å². The molecule has 0 radical (unpaired) electrons. The second-order valence-electron chi connectivity index (χ2n) is 9.84. The fraction of sp³-hybridized carbons (Fsp3) is 0.242. The van der Waals surface area contributed by atoms with E-state index in [0.29, 0.717) is 59.2 Å². The SMILES string of the molecule is CCOC(=O)C1=C(C)N=c2s/c(=C\c3ccccc3OCc3ccc(Cl)c(Cl)c3)c(=O)n2[C@@H]1c1cc(OC)c(OC)c(OC)c1. The molecule has 0 saturated heterocycles. The quantitative estimate of drug-likeness (QED) is 0.200. The number of methoxy groups -OCH3 is 3. The van der Waals surface area contributed by atoms with Crippen molar-refractivity contribution in [3.8, 4) is 23.0 Å². The van der Waals surface area contributed by atoms with Gasteiger partial charge in [-0.2, -0.15) is 0 Å². The van der Waals surface area contributed by atoms with Crippen LogP contribution in [-0.2, 0) is 16.1 Å². The van der Waals surface area contributed by atoms with Crippen molar-refractivity contribution in [1.82, 2.24) is 4.57 Å². The second kappa shape index (κ2) is 13.8. The Bertz CT molecular complexity index is 1960. The molecule has 0 unspecified atom stereocenters. The fourth-order valence-electron chi connectivity index (χ4n) is 5.03. The zero-order valence-electron chi connectivity index (χ0n) is 25.2. The molecule has 45 heavy (non-hydrogen) atoms. The minimum atomic E-state index is -0.877. The molecule has 12 heteroatoms. The molecule has 0 N–H and O–H groups in total. The maximum atomic E-state index is 14.2. The van der Waals surface area contributed by atoms with Crippen molar-refractivity contribution in [3.05, 3.63) is 112 Å². The maximum absolute atomic E-state index is 14.2. The van der Waals surface area contributed by atoms with Crippen LogP contribution in [0.1, 0.15) is 36.6 Å². The highest BCUT2D eigenvalue weighted by Gasteiger charge is 2.34. The first-order valence-corrected chi connectivity index (χ1v) is 15.4. The summed E-state index contributed by atoms with van der Waals surface area (Å²) in [7, 11) is 4.51. The molecule has 0 spiro atoms. The van der Waals surface area contributed by atoms with Gasteiger partial charge in [-0.3, -0.25) is 9.36 Å². The van der Waals surface area contributed by atoms with Gasteiger partial charge in [0.15, 0.2) is 16.3 Å². The van der Waals surface area contributed by atoms with E-state index in [1.54, 1.807) is 44.2 Å². The molecule has 0 bridgehead atoms. The van der Waals surface area contributed by atoms with E-state index in [0.717, 1.165) is 5.56 Å². The highest BCUT2D eigenvalue weighted by atomic mass is 35.5. The smallest absolute Gasteiger partial charge is 0.338 e. The van der Waals surface area contributed by atoms with Crippen molar-refractivity contribution in [2.24, 2.45) is 4.99 Å². The topological polar surface area (TPSA) is 97.6 Å². The minimum absolute atomic E-state index is 0.154. The predicted octanol–water partition coefficient (Wildman–Crippen LogP) is 5.71. The first-order valence-electron chi connectivity index (χ1n) is 13.9. The monoisotopic (exact) mass is 668 g/mol. The average Bonchev–Trinajstić information content (AvgIpc) is 3.34. The Morgan fingerprint density at radius 3 is 2.33 bits per heavy atom. The third kappa shape index (κ3) is 6.45. The lowest BCUT2D eigenvalue weighted by molar-refractivity contribution is -0.139. The third-order valence-electron chi connectivity index (χ3n) is 7.10. The van der Waals surface area contributed by atoms with Crippen LogP contribution in [0.25, 0.3) is 6.08 Å². The number of aromatic nitrogens is 1. The zero-order chi connectivity index (χ0) is 32.2. The molecular formula is C33H30Cl2N2O7S. The number of hydrogen-bond donors (Lipinski definition) is 0. The summed E-state index contributed by atoms with van der Waals surface area (Å²) in [6, 6.07) is 15.2. The molecule has 1 atom stereocenters. The molecule has 0 amide bonds. The number of esters is 1. The van der Waals surface area contributed by atoms with Gasteiger partial charge in [0.1, 0.15) is 12.4 Å². The van der Waals surface area contributed by atoms with Crippen molar-refractivity contribution in [1.29, 1.82) is 0 Å². The second-order valence-corrected chi connectivity index (χ2v) is 11.7. The van der Waals surface area contributed by atoms with Crippen molar-refractivity contribution in [3.63, 3.8) is 0 Å². The summed E-state index contributed by atoms with van der Waals surface area (Å²) >= 11 is 13.4. The number of thiazole rings is 1. The van der Waals surface area contributed by atoms with Crippen LogP contribution in [0.5, 0.6) is 23.0 Å². The Morgan fingerprint density at radius 1 is 0.978 bits per heavy atom. The Hall–Kier alpha value is -4.25. The van der Waals surface area contributed by atoms with E-state index in [1.807, 2.05) is 30.3 Å². The van der Waals surface area contributed by atoms with Crippen molar-refractivity contribution >= 4 is 46.6 Å². The van der Waals surface area contributed by atoms with Crippen LogP contribution in [-0.4, -0.2) is 38.5 Å². The number of allylic oxidation sites excluding steroid dienone is 1. The van der Waals surface area contributed by atoms with E-state index < -0.39 is 12.0 Å². The highest BCUT2D eigenvalue weighted by molar-refractivity contribution is 7.07. The van der Waals surface area contributed by atoms with Gasteiger partial charge in [-0.05, 0) is 61.4 Å². The molecule has 0 saturated carbocycles. The standard InChI is InChI=1S/C33H30Cl2N2O7S/c1-6-43-32(39)28-18(2)36-33-37(29(28)21-14-25(40-3)30(42-5)26(15-21)41-4)31(38)27(45-33)16-20-9-7-8-10-24(20)44-17-19-11-12-22(34)23(35)13-19/h7-16,29H,6,17H2,1-5H3/b27-16-/t29-/m1/s1. The number of carbonyl (C=O) groups excluding carboxylic acids is 1. The van der Waals surface area contributed by atoms with Crippen LogP contribution in [0.4, 0.5) is 0 Å². The van der Waals surface area contributed by atoms with E-state index in [-0.39, 0.29) is 24.3 Å². The predicted molar refractivity (Wildman–Crippen MR) is 174 cm³/mol. The average molecular weight is 670 g/mol. The third-order valence-corrected chi connectivity index (χ3v) is 8.83. The zero-order valence-corrected chi connectivity index (χ0v) is 27.5. The summed E-state index contributed by atoms with van der Waals surface area (Å²) in [6.07, 6.45) is 1.75. The number of benzene rings is 3. The number of hydrogen-bond acceptors (Lipinski definition) is 9. The Kier molecular flexibility index (Phi) is 9.86. The molecular weight excluding hydrogens is 639 g/mol. The Morgan fingerprint density at radius 2 is 1.69 bits per heavy atom. The Balaban J connectivity index is 1.64. The van der Waals surface area contributed by atoms with Gasteiger partial charge in [0, 0.05) is 5.56 Å². The normalized spacial score (nSPS) is 14.5. The van der Waals surface area contributed by atoms with Gasteiger partial charge in [-0.1, -0.05) is 58.8 Å². The highest BCUT2D eigenvalue weighted by Crippen LogP contribution is 2.42. The number of carbonyl (C=O) groups is 1. The van der Waals surface area contributed by atoms with E-state index in [1.165, 1.54) is 37.2 Å². The molecule has 0 aliphatic carbocycles. The van der Waals surface area contributed by atoms with Crippen LogP contribution < -0.4 is 33.8 Å². The van der Waals surface area contributed by atoms with Crippen LogP contribution in [0.3, 0.4) is 0 Å². The van der Waals surface area contributed by atoms with E-state index in [2.05, 4.69) is 4.99 Å². The Labute approximate surface area is 273 Å². The molecule has 4 aromatic rings. The van der Waals surface area contributed by atoms with Gasteiger partial charge in [0.25, 0.3) is 5.56 Å². The van der Waals surface area contributed by atoms with Crippen LogP contribution >= 0.6 is 34.5 Å². The van der Waals surface area contributed by atoms with E-state index in [4.69, 9.17) is 46.9 Å². The fourth-order valence-corrected chi connectivity index (χ4v) is 6.39. The van der Waals surface area contributed by atoms with Gasteiger partial charge in [0.05, 0.1) is 59.8 Å². The molecule has 234 valence electrons. The molecule has 9 nitrogen and oxygen atoms in total. The maximum Gasteiger partial charge on any atom is 0.338 e. The molecule has 0 fully saturated rings. The van der Waals surface area contributed by atoms with E-state index >= 15 is 0 Å². The molecule has 2 heterocycles. The van der Waals surface area contributed by atoms with Gasteiger partial charge in [-0.15, -0.1) is 0 Å². The largest absolute Gasteiger partial charge is 0.493 e. The molecule has 1 aromatic heterocycles. The summed E-state index contributed by atoms with van der Waals surface area (Å²) in [5, 5.41) is 0.897. The summed E-state index contributed by atoms with van der Waals surface area (Å²) in [5.41, 5.74) is 2.41. The number of para-hydroxylation sites is 1. The number of fused-ring (bicyclic) bond motifs is 1. The summed E-state index contributed by atoms with van der Waals surface area (Å²) in [6.45, 7) is 3.84. The lowest BCUT2D eigenvalue weighted by atomic mass is 9.95. The lowest BCUT2D eigenvalue weighted by Crippen LogP contribution is -2.40. The van der Waals surface area contributed by atoms with Gasteiger partial charge >= 0.3 is 5.97 Å². The number of rotatable bonds is 10. The summed E-state index contributed by atoms with van der Waals surface area (Å²) in [5.74, 6) is 1.12. The number of nitrogens with zero attached hydrogens (tertiary/aromatic N) is 2. The van der Waals surface area contributed by atoms with Crippen molar-refractivity contribution < 1.29 is 28.5 Å². The minimum Gasteiger partial charge on any atom is -0.493 e. The molecule has 1 aliphatic heterocycles. The van der Waals surface area contributed by atoms with Crippen LogP contribution in [0, 0.1) is 0 Å².